The van der Waals surface area contributed by atoms with Crippen molar-refractivity contribution in [3.05, 3.63) is 74.6 Å². The number of non-ortho nitro benzene ring substituents is 1. The number of benzene rings is 2. The Balaban J connectivity index is 1.53. The maximum Gasteiger partial charge on any atom is 0.349 e. The number of fused-ring (bicyclic) bond motifs is 2. The summed E-state index contributed by atoms with van der Waals surface area (Å²) in [4.78, 5) is 57.5. The van der Waals surface area contributed by atoms with Crippen LogP contribution in [0.3, 0.4) is 0 Å². The molecular weight excluding hydrogens is 456 g/mol. The predicted octanol–water partition coefficient (Wildman–Crippen LogP) is 3.59. The number of thioether (sulfide) groups is 1. The summed E-state index contributed by atoms with van der Waals surface area (Å²) in [5.41, 5.74) is -0.359. The number of rotatable bonds is 3. The molecule has 1 fully saturated rings. The second kappa shape index (κ2) is 7.66. The number of hydrogen-bond donors (Lipinski definition) is 0. The number of nitrogens with zero attached hydrogens (tertiary/aromatic N) is 4. The Kier molecular flexibility index (Phi) is 4.79. The number of amides is 2. The van der Waals surface area contributed by atoms with Crippen molar-refractivity contribution in [2.24, 2.45) is 4.99 Å². The molecule has 1 aliphatic heterocycles. The SMILES string of the molecule is O=C(N=C1SCC(=O)N1c1nc2ccc([N+](=O)[O-])cc2s1)c1cc2ccccc2oc1=O. The molecule has 1 saturated heterocycles. The van der Waals surface area contributed by atoms with Gasteiger partial charge in [-0.25, -0.2) is 14.7 Å². The third-order valence-corrected chi connectivity index (χ3v) is 6.52. The van der Waals surface area contributed by atoms with Crippen molar-refractivity contribution < 1.29 is 18.9 Å². The lowest BCUT2D eigenvalue weighted by atomic mass is 10.2. The number of aliphatic imine (C=N–C) groups is 1. The zero-order valence-corrected chi connectivity index (χ0v) is 17.5. The highest BCUT2D eigenvalue weighted by Gasteiger charge is 2.33. The summed E-state index contributed by atoms with van der Waals surface area (Å²) in [5.74, 6) is -1.15. The summed E-state index contributed by atoms with van der Waals surface area (Å²) in [6.45, 7) is 0. The third kappa shape index (κ3) is 3.44. The van der Waals surface area contributed by atoms with Crippen LogP contribution in [-0.2, 0) is 4.79 Å². The molecule has 0 aliphatic carbocycles. The van der Waals surface area contributed by atoms with E-state index in [0.29, 0.717) is 21.2 Å². The predicted molar refractivity (Wildman–Crippen MR) is 120 cm³/mol. The average Bonchev–Trinajstić information content (AvgIpc) is 3.35. The van der Waals surface area contributed by atoms with Gasteiger partial charge in [0, 0.05) is 17.5 Å². The minimum absolute atomic E-state index is 0.0362. The first-order valence-corrected chi connectivity index (χ1v) is 10.9. The van der Waals surface area contributed by atoms with Crippen molar-refractivity contribution in [3.63, 3.8) is 0 Å². The minimum Gasteiger partial charge on any atom is -0.422 e. The van der Waals surface area contributed by atoms with Gasteiger partial charge in [-0.15, -0.1) is 0 Å². The number of anilines is 1. The summed E-state index contributed by atoms with van der Waals surface area (Å²) in [6, 6.07) is 12.3. The molecule has 10 nitrogen and oxygen atoms in total. The van der Waals surface area contributed by atoms with Gasteiger partial charge in [-0.2, -0.15) is 4.99 Å². The third-order valence-electron chi connectivity index (χ3n) is 4.60. The van der Waals surface area contributed by atoms with Crippen LogP contribution in [0.15, 0.2) is 62.7 Å². The molecule has 0 bridgehead atoms. The number of nitro groups is 1. The van der Waals surface area contributed by atoms with Crippen LogP contribution >= 0.6 is 23.1 Å². The minimum atomic E-state index is -0.844. The second-order valence-corrected chi connectivity index (χ2v) is 8.56. The first kappa shape index (κ1) is 20.0. The number of aromatic nitrogens is 1. The van der Waals surface area contributed by atoms with Crippen molar-refractivity contribution in [3.8, 4) is 0 Å². The molecule has 0 radical (unpaired) electrons. The van der Waals surface area contributed by atoms with Gasteiger partial charge >= 0.3 is 5.63 Å². The highest BCUT2D eigenvalue weighted by atomic mass is 32.2. The van der Waals surface area contributed by atoms with Gasteiger partial charge in [-0.3, -0.25) is 19.7 Å². The Morgan fingerprint density at radius 1 is 1.19 bits per heavy atom. The molecule has 0 spiro atoms. The molecule has 5 rings (SSSR count). The van der Waals surface area contributed by atoms with E-state index in [1.807, 2.05) is 0 Å². The lowest BCUT2D eigenvalue weighted by Gasteiger charge is -2.11. The summed E-state index contributed by atoms with van der Waals surface area (Å²) >= 11 is 2.10. The molecule has 2 aromatic carbocycles. The van der Waals surface area contributed by atoms with Crippen LogP contribution in [0.2, 0.25) is 0 Å². The van der Waals surface area contributed by atoms with Gasteiger partial charge in [0.15, 0.2) is 10.3 Å². The molecule has 3 heterocycles. The highest BCUT2D eigenvalue weighted by Crippen LogP contribution is 2.35. The normalized spacial score (nSPS) is 15.2. The van der Waals surface area contributed by atoms with Crippen LogP contribution in [0.25, 0.3) is 21.2 Å². The molecule has 12 heteroatoms. The van der Waals surface area contributed by atoms with Crippen LogP contribution in [-0.4, -0.2) is 32.6 Å². The van der Waals surface area contributed by atoms with Crippen LogP contribution in [0, 0.1) is 10.1 Å². The molecule has 1 aliphatic rings. The van der Waals surface area contributed by atoms with Gasteiger partial charge in [0.2, 0.25) is 5.91 Å². The topological polar surface area (TPSA) is 136 Å². The molecule has 0 atom stereocenters. The van der Waals surface area contributed by atoms with Crippen LogP contribution in [0.4, 0.5) is 10.8 Å². The van der Waals surface area contributed by atoms with Gasteiger partial charge in [0.25, 0.3) is 11.6 Å². The molecule has 0 saturated carbocycles. The zero-order valence-electron chi connectivity index (χ0n) is 15.9. The largest absolute Gasteiger partial charge is 0.422 e. The summed E-state index contributed by atoms with van der Waals surface area (Å²) < 4.78 is 5.70. The number of carbonyl (C=O) groups excluding carboxylic acids is 2. The van der Waals surface area contributed by atoms with E-state index in [4.69, 9.17) is 4.42 Å². The van der Waals surface area contributed by atoms with E-state index in [9.17, 15) is 24.5 Å². The summed E-state index contributed by atoms with van der Waals surface area (Å²) in [7, 11) is 0. The second-order valence-electron chi connectivity index (χ2n) is 6.61. The maximum absolute atomic E-state index is 12.7. The summed E-state index contributed by atoms with van der Waals surface area (Å²) in [6.07, 6.45) is 0. The number of thiazole rings is 1. The smallest absolute Gasteiger partial charge is 0.349 e. The summed E-state index contributed by atoms with van der Waals surface area (Å²) in [5, 5.41) is 11.9. The number of para-hydroxylation sites is 1. The van der Waals surface area contributed by atoms with Crippen LogP contribution in [0.1, 0.15) is 10.4 Å². The van der Waals surface area contributed by atoms with E-state index >= 15 is 0 Å². The Morgan fingerprint density at radius 2 is 2.00 bits per heavy atom. The number of carbonyl (C=O) groups is 2. The van der Waals surface area contributed by atoms with Crippen molar-refractivity contribution in [1.29, 1.82) is 0 Å². The molecular formula is C20H10N4O6S2. The van der Waals surface area contributed by atoms with E-state index in [2.05, 4.69) is 9.98 Å². The average molecular weight is 466 g/mol. The monoisotopic (exact) mass is 466 g/mol. The van der Waals surface area contributed by atoms with Gasteiger partial charge in [0.1, 0.15) is 11.1 Å². The molecule has 0 unspecified atom stereocenters. The van der Waals surface area contributed by atoms with Gasteiger partial charge < -0.3 is 4.42 Å². The van der Waals surface area contributed by atoms with Gasteiger partial charge in [0.05, 0.1) is 20.9 Å². The molecule has 0 N–H and O–H groups in total. The van der Waals surface area contributed by atoms with Crippen molar-refractivity contribution in [2.75, 3.05) is 10.7 Å². The number of amidine groups is 1. The number of hydrogen-bond acceptors (Lipinski definition) is 9. The van der Waals surface area contributed by atoms with Gasteiger partial charge in [-0.1, -0.05) is 41.3 Å². The number of nitro benzene ring substituents is 1. The fourth-order valence-electron chi connectivity index (χ4n) is 3.10. The quantitative estimate of drug-likeness (QED) is 0.254. The Bertz CT molecular complexity index is 1540. The molecule has 2 amide bonds. The van der Waals surface area contributed by atoms with Crippen molar-refractivity contribution in [2.45, 2.75) is 0 Å². The van der Waals surface area contributed by atoms with Crippen molar-refractivity contribution in [1.82, 2.24) is 4.98 Å². The Hall–Kier alpha value is -3.90. The lowest BCUT2D eigenvalue weighted by Crippen LogP contribution is -2.30. The van der Waals surface area contributed by atoms with Crippen LogP contribution < -0.4 is 10.5 Å². The molecule has 4 aromatic rings. The van der Waals surface area contributed by atoms with E-state index < -0.39 is 16.5 Å². The molecule has 32 heavy (non-hydrogen) atoms. The van der Waals surface area contributed by atoms with E-state index in [0.717, 1.165) is 23.1 Å². The zero-order chi connectivity index (χ0) is 22.4. The van der Waals surface area contributed by atoms with E-state index in [1.165, 1.54) is 29.2 Å². The van der Waals surface area contributed by atoms with E-state index in [1.54, 1.807) is 24.3 Å². The van der Waals surface area contributed by atoms with Gasteiger partial charge in [-0.05, 0) is 18.2 Å². The van der Waals surface area contributed by atoms with Crippen molar-refractivity contribution >= 4 is 72.1 Å². The first-order valence-electron chi connectivity index (χ1n) is 9.07. The lowest BCUT2D eigenvalue weighted by molar-refractivity contribution is -0.384. The van der Waals surface area contributed by atoms with Crippen LogP contribution in [0.5, 0.6) is 0 Å². The Labute approximate surface area is 186 Å². The first-order chi connectivity index (χ1) is 15.4. The van der Waals surface area contributed by atoms with E-state index in [-0.39, 0.29) is 33.2 Å². The standard InChI is InChI=1S/C20H10N4O6S2/c25-16-9-31-19(22-17(26)12-7-10-3-1-2-4-14(10)30-18(12)27)23(16)20-21-13-6-5-11(24(28)29)8-15(13)32-20/h1-8H,9H2. The highest BCUT2D eigenvalue weighted by molar-refractivity contribution is 8.15. The molecule has 158 valence electrons. The fourth-order valence-corrected chi connectivity index (χ4v) is 5.02. The Morgan fingerprint density at radius 3 is 2.81 bits per heavy atom. The molecule has 2 aromatic heterocycles. The fraction of sp³-hybridized carbons (Fsp3) is 0.0500. The maximum atomic E-state index is 12.7.